The molecule has 0 saturated heterocycles. The summed E-state index contributed by atoms with van der Waals surface area (Å²) in [6.45, 7) is 14.1. The molecule has 0 N–H and O–H groups in total. The van der Waals surface area contributed by atoms with Crippen LogP contribution < -0.4 is 0 Å². The standard InChI is InChI=1S/C12H23B/c1-7-12(13(5)6)9-8-11(4)10(2)3/h8-10H,7H2,1-6H3/b11-8+,12-9+. The van der Waals surface area contributed by atoms with E-state index in [-0.39, 0.29) is 0 Å². The lowest BCUT2D eigenvalue weighted by molar-refractivity contribution is 0.769. The van der Waals surface area contributed by atoms with Crippen molar-refractivity contribution in [2.24, 2.45) is 5.92 Å². The summed E-state index contributed by atoms with van der Waals surface area (Å²) < 4.78 is 0. The predicted octanol–water partition coefficient (Wildman–Crippen LogP) is 4.22. The summed E-state index contributed by atoms with van der Waals surface area (Å²) in [6.07, 6.45) is 5.73. The van der Waals surface area contributed by atoms with E-state index in [1.165, 1.54) is 12.0 Å². The van der Waals surface area contributed by atoms with Gasteiger partial charge < -0.3 is 0 Å². The van der Waals surface area contributed by atoms with E-state index in [1.807, 2.05) is 0 Å². The zero-order valence-corrected chi connectivity index (χ0v) is 10.0. The molecule has 0 saturated carbocycles. The molecule has 1 heteroatoms. The Kier molecular flexibility index (Phi) is 5.86. The van der Waals surface area contributed by atoms with Crippen LogP contribution in [0.15, 0.2) is 23.2 Å². The molecule has 0 aromatic heterocycles. The van der Waals surface area contributed by atoms with Crippen LogP contribution in [0.2, 0.25) is 13.6 Å². The van der Waals surface area contributed by atoms with Crippen molar-refractivity contribution in [3.05, 3.63) is 23.2 Å². The van der Waals surface area contributed by atoms with Crippen molar-refractivity contribution in [1.29, 1.82) is 0 Å². The molecule has 0 amide bonds. The third-order valence-corrected chi connectivity index (χ3v) is 2.62. The van der Waals surface area contributed by atoms with E-state index in [2.05, 4.69) is 53.5 Å². The lowest BCUT2D eigenvalue weighted by atomic mass is 9.48. The Morgan fingerprint density at radius 3 is 2.08 bits per heavy atom. The molecule has 0 fully saturated rings. The molecule has 0 atom stereocenters. The molecule has 0 aliphatic heterocycles. The topological polar surface area (TPSA) is 0 Å². The van der Waals surface area contributed by atoms with Crippen LogP contribution in [-0.2, 0) is 0 Å². The van der Waals surface area contributed by atoms with Gasteiger partial charge in [0.15, 0.2) is 6.71 Å². The fourth-order valence-corrected chi connectivity index (χ4v) is 1.15. The van der Waals surface area contributed by atoms with Crippen LogP contribution >= 0.6 is 0 Å². The van der Waals surface area contributed by atoms with Gasteiger partial charge in [-0.2, -0.15) is 0 Å². The van der Waals surface area contributed by atoms with Gasteiger partial charge in [-0.25, -0.2) is 0 Å². The van der Waals surface area contributed by atoms with Gasteiger partial charge >= 0.3 is 0 Å². The van der Waals surface area contributed by atoms with Gasteiger partial charge in [0.2, 0.25) is 0 Å². The Morgan fingerprint density at radius 1 is 1.23 bits per heavy atom. The van der Waals surface area contributed by atoms with E-state index in [1.54, 1.807) is 5.47 Å². The van der Waals surface area contributed by atoms with Crippen molar-refractivity contribution in [2.75, 3.05) is 0 Å². The number of hydrogen-bond donors (Lipinski definition) is 0. The lowest BCUT2D eigenvalue weighted by Gasteiger charge is -2.06. The minimum absolute atomic E-state index is 0.668. The molecular weight excluding hydrogens is 155 g/mol. The minimum Gasteiger partial charge on any atom is -0.102 e. The van der Waals surface area contributed by atoms with Crippen molar-refractivity contribution in [3.8, 4) is 0 Å². The van der Waals surface area contributed by atoms with Gasteiger partial charge in [0.05, 0.1) is 0 Å². The van der Waals surface area contributed by atoms with Crippen LogP contribution in [0.4, 0.5) is 0 Å². The summed E-state index contributed by atoms with van der Waals surface area (Å²) in [5.74, 6) is 0.668. The fourth-order valence-electron chi connectivity index (χ4n) is 1.15. The molecule has 0 radical (unpaired) electrons. The van der Waals surface area contributed by atoms with Crippen LogP contribution in [-0.4, -0.2) is 6.71 Å². The quantitative estimate of drug-likeness (QED) is 0.446. The maximum atomic E-state index is 2.29. The van der Waals surface area contributed by atoms with Gasteiger partial charge in [-0.05, 0) is 19.3 Å². The second-order valence-corrected chi connectivity index (χ2v) is 4.32. The van der Waals surface area contributed by atoms with E-state index < -0.39 is 0 Å². The molecule has 0 rings (SSSR count). The van der Waals surface area contributed by atoms with Crippen molar-refractivity contribution >= 4 is 6.71 Å². The van der Waals surface area contributed by atoms with Crippen molar-refractivity contribution in [1.82, 2.24) is 0 Å². The summed E-state index contributed by atoms with van der Waals surface area (Å²) in [4.78, 5) is 0. The molecule has 0 spiro atoms. The Hall–Kier alpha value is -0.455. The van der Waals surface area contributed by atoms with Crippen LogP contribution in [0.3, 0.4) is 0 Å². The lowest BCUT2D eigenvalue weighted by Crippen LogP contribution is -2.04. The number of allylic oxidation sites excluding steroid dienone is 4. The van der Waals surface area contributed by atoms with E-state index in [0.29, 0.717) is 12.6 Å². The van der Waals surface area contributed by atoms with Crippen LogP contribution in [0, 0.1) is 5.92 Å². The molecule has 0 aromatic carbocycles. The van der Waals surface area contributed by atoms with Gasteiger partial charge in [0, 0.05) is 0 Å². The van der Waals surface area contributed by atoms with Gasteiger partial charge in [-0.3, -0.25) is 0 Å². The van der Waals surface area contributed by atoms with E-state index >= 15 is 0 Å². The second-order valence-electron chi connectivity index (χ2n) is 4.32. The average Bonchev–Trinajstić information content (AvgIpc) is 2.04. The molecule has 0 heterocycles. The van der Waals surface area contributed by atoms with Crippen LogP contribution in [0.1, 0.15) is 34.1 Å². The molecule has 74 valence electrons. The van der Waals surface area contributed by atoms with Crippen molar-refractivity contribution in [3.63, 3.8) is 0 Å². The monoisotopic (exact) mass is 178 g/mol. The van der Waals surface area contributed by atoms with E-state index in [9.17, 15) is 0 Å². The van der Waals surface area contributed by atoms with Gasteiger partial charge in [0.25, 0.3) is 0 Å². The highest BCUT2D eigenvalue weighted by atomic mass is 14.0. The maximum Gasteiger partial charge on any atom is 0.164 e. The summed E-state index contributed by atoms with van der Waals surface area (Å²) in [6, 6.07) is 0. The summed E-state index contributed by atoms with van der Waals surface area (Å²) in [5, 5.41) is 0. The van der Waals surface area contributed by atoms with Gasteiger partial charge in [-0.15, -0.1) is 5.47 Å². The first-order valence-electron chi connectivity index (χ1n) is 5.36. The number of hydrogen-bond acceptors (Lipinski definition) is 0. The molecule has 0 aliphatic rings. The first kappa shape index (κ1) is 12.5. The Balaban J connectivity index is 4.45. The van der Waals surface area contributed by atoms with Gasteiger partial charge in [-0.1, -0.05) is 52.1 Å². The molecule has 0 bridgehead atoms. The highest BCUT2D eigenvalue weighted by molar-refractivity contribution is 6.64. The minimum atomic E-state index is 0.668. The average molecular weight is 178 g/mol. The summed E-state index contributed by atoms with van der Waals surface area (Å²) in [7, 11) is 0. The molecule has 0 unspecified atom stereocenters. The second kappa shape index (κ2) is 6.07. The Morgan fingerprint density at radius 2 is 1.77 bits per heavy atom. The summed E-state index contributed by atoms with van der Waals surface area (Å²) in [5.41, 5.74) is 3.01. The molecule has 13 heavy (non-hydrogen) atoms. The highest BCUT2D eigenvalue weighted by Gasteiger charge is 2.02. The third-order valence-electron chi connectivity index (χ3n) is 2.62. The molecular formula is C12H23B. The van der Waals surface area contributed by atoms with E-state index in [0.717, 1.165) is 0 Å². The van der Waals surface area contributed by atoms with E-state index in [4.69, 9.17) is 0 Å². The van der Waals surface area contributed by atoms with Crippen LogP contribution in [0.25, 0.3) is 0 Å². The molecule has 0 aliphatic carbocycles. The van der Waals surface area contributed by atoms with Gasteiger partial charge in [0.1, 0.15) is 0 Å². The molecule has 0 aromatic rings. The SMILES string of the molecule is CC/C(=C\C=C(/C)C(C)C)B(C)C. The zero-order valence-electron chi connectivity index (χ0n) is 10.0. The normalized spacial score (nSPS) is 13.8. The van der Waals surface area contributed by atoms with Crippen molar-refractivity contribution < 1.29 is 0 Å². The number of rotatable bonds is 4. The Bertz CT molecular complexity index is 197. The predicted molar refractivity (Wildman–Crippen MR) is 64.5 cm³/mol. The Labute approximate surface area is 84.2 Å². The van der Waals surface area contributed by atoms with Crippen molar-refractivity contribution in [2.45, 2.75) is 47.8 Å². The zero-order chi connectivity index (χ0) is 10.4. The first-order chi connectivity index (χ1) is 5.99. The maximum absolute atomic E-state index is 2.29. The third kappa shape index (κ3) is 4.97. The highest BCUT2D eigenvalue weighted by Crippen LogP contribution is 2.11. The first-order valence-corrected chi connectivity index (χ1v) is 5.36. The smallest absolute Gasteiger partial charge is 0.102 e. The largest absolute Gasteiger partial charge is 0.164 e. The fraction of sp³-hybridized carbons (Fsp3) is 0.667. The van der Waals surface area contributed by atoms with Crippen LogP contribution in [0.5, 0.6) is 0 Å². The molecule has 0 nitrogen and oxygen atoms in total. The summed E-state index contributed by atoms with van der Waals surface area (Å²) >= 11 is 0.